The Labute approximate surface area is 121 Å². The number of nitrogens with two attached hydrogens (primary N) is 1. The second-order valence-electron chi connectivity index (χ2n) is 4.77. The van der Waals surface area contributed by atoms with Gasteiger partial charge < -0.3 is 10.3 Å². The summed E-state index contributed by atoms with van der Waals surface area (Å²) in [6.07, 6.45) is 4.76. The predicted molar refractivity (Wildman–Crippen MR) is 81.9 cm³/mol. The summed E-state index contributed by atoms with van der Waals surface area (Å²) in [5.74, 6) is 0. The molecule has 0 atom stereocenters. The molecule has 1 aromatic rings. The summed E-state index contributed by atoms with van der Waals surface area (Å²) in [5, 5.41) is 0. The highest BCUT2D eigenvalue weighted by Gasteiger charge is 2.25. The quantitative estimate of drug-likeness (QED) is 0.745. The lowest BCUT2D eigenvalue weighted by molar-refractivity contribution is 0.473. The number of aromatic nitrogens is 1. The molecule has 0 unspecified atom stereocenters. The Morgan fingerprint density at radius 1 is 1.35 bits per heavy atom. The standard InChI is InChI=1S/C14H23N3O2S/c1-5-7-16(8-6-2)20(18,19)14-9-13(10-15)17(11-14)12(3)4/h5-6,9,11-12H,1-2,7-8,10,15H2,3-4H3. The van der Waals surface area contributed by atoms with Gasteiger partial charge in [-0.3, -0.25) is 0 Å². The van der Waals surface area contributed by atoms with Gasteiger partial charge in [0.25, 0.3) is 0 Å². The number of sulfonamides is 1. The second kappa shape index (κ2) is 6.88. The Hall–Kier alpha value is -1.37. The van der Waals surface area contributed by atoms with Gasteiger partial charge in [0.2, 0.25) is 10.0 Å². The van der Waals surface area contributed by atoms with Crippen LogP contribution in [0.1, 0.15) is 25.6 Å². The smallest absolute Gasteiger partial charge is 0.245 e. The number of hydrogen-bond acceptors (Lipinski definition) is 3. The molecule has 0 amide bonds. The second-order valence-corrected chi connectivity index (χ2v) is 6.71. The first-order chi connectivity index (χ1) is 9.38. The van der Waals surface area contributed by atoms with Crippen LogP contribution in [0.25, 0.3) is 0 Å². The third-order valence-electron chi connectivity index (χ3n) is 2.98. The fraction of sp³-hybridized carbons (Fsp3) is 0.429. The van der Waals surface area contributed by atoms with E-state index in [-0.39, 0.29) is 24.0 Å². The van der Waals surface area contributed by atoms with Crippen molar-refractivity contribution in [3.8, 4) is 0 Å². The van der Waals surface area contributed by atoms with Crippen LogP contribution in [-0.4, -0.2) is 30.4 Å². The van der Waals surface area contributed by atoms with E-state index in [4.69, 9.17) is 5.73 Å². The lowest BCUT2D eigenvalue weighted by atomic mass is 10.3. The van der Waals surface area contributed by atoms with Crippen LogP contribution < -0.4 is 5.73 Å². The first-order valence-electron chi connectivity index (χ1n) is 6.51. The van der Waals surface area contributed by atoms with Crippen LogP contribution in [0.3, 0.4) is 0 Å². The topological polar surface area (TPSA) is 68.3 Å². The van der Waals surface area contributed by atoms with Crippen molar-refractivity contribution < 1.29 is 8.42 Å². The highest BCUT2D eigenvalue weighted by atomic mass is 32.2. The zero-order chi connectivity index (χ0) is 15.3. The molecule has 20 heavy (non-hydrogen) atoms. The van der Waals surface area contributed by atoms with Gasteiger partial charge in [0.05, 0.1) is 0 Å². The van der Waals surface area contributed by atoms with E-state index in [9.17, 15) is 8.42 Å². The third kappa shape index (κ3) is 3.39. The normalized spacial score (nSPS) is 12.1. The fourth-order valence-electron chi connectivity index (χ4n) is 1.99. The number of hydrogen-bond donors (Lipinski definition) is 1. The van der Waals surface area contributed by atoms with E-state index >= 15 is 0 Å². The summed E-state index contributed by atoms with van der Waals surface area (Å²) in [7, 11) is -3.56. The maximum Gasteiger partial charge on any atom is 0.245 e. The van der Waals surface area contributed by atoms with Crippen molar-refractivity contribution in [2.45, 2.75) is 31.3 Å². The SMILES string of the molecule is C=CCN(CC=C)S(=O)(=O)c1cc(CN)n(C(C)C)c1. The molecule has 0 bridgehead atoms. The van der Waals surface area contributed by atoms with E-state index in [0.717, 1.165) is 5.69 Å². The highest BCUT2D eigenvalue weighted by molar-refractivity contribution is 7.89. The molecule has 0 spiro atoms. The molecule has 0 aliphatic carbocycles. The van der Waals surface area contributed by atoms with Crippen LogP contribution >= 0.6 is 0 Å². The molecule has 0 saturated heterocycles. The molecule has 0 aliphatic rings. The van der Waals surface area contributed by atoms with Gasteiger partial charge in [-0.15, -0.1) is 13.2 Å². The van der Waals surface area contributed by atoms with Gasteiger partial charge in [-0.2, -0.15) is 4.31 Å². The van der Waals surface area contributed by atoms with Gasteiger partial charge in [-0.05, 0) is 19.9 Å². The Morgan fingerprint density at radius 2 is 1.90 bits per heavy atom. The van der Waals surface area contributed by atoms with Crippen LogP contribution in [0.5, 0.6) is 0 Å². The lowest BCUT2D eigenvalue weighted by Crippen LogP contribution is -2.31. The summed E-state index contributed by atoms with van der Waals surface area (Å²) < 4.78 is 28.4. The average molecular weight is 297 g/mol. The van der Waals surface area contributed by atoms with Crippen molar-refractivity contribution in [1.82, 2.24) is 8.87 Å². The van der Waals surface area contributed by atoms with Crippen molar-refractivity contribution in [2.24, 2.45) is 5.73 Å². The van der Waals surface area contributed by atoms with E-state index in [1.807, 2.05) is 18.4 Å². The molecule has 1 heterocycles. The zero-order valence-corrected chi connectivity index (χ0v) is 12.9. The summed E-state index contributed by atoms with van der Waals surface area (Å²) in [6.45, 7) is 12.0. The van der Waals surface area contributed by atoms with E-state index in [2.05, 4.69) is 13.2 Å². The van der Waals surface area contributed by atoms with Crippen LogP contribution in [0.4, 0.5) is 0 Å². The summed E-state index contributed by atoms with van der Waals surface area (Å²) in [5.41, 5.74) is 6.48. The molecule has 0 aliphatic heterocycles. The molecule has 5 nitrogen and oxygen atoms in total. The van der Waals surface area contributed by atoms with Crippen LogP contribution in [0, 0.1) is 0 Å². The van der Waals surface area contributed by atoms with Crippen molar-refractivity contribution in [2.75, 3.05) is 13.1 Å². The van der Waals surface area contributed by atoms with Crippen LogP contribution in [0.15, 0.2) is 42.5 Å². The van der Waals surface area contributed by atoms with E-state index in [1.54, 1.807) is 24.4 Å². The average Bonchev–Trinajstić information content (AvgIpc) is 2.83. The zero-order valence-electron chi connectivity index (χ0n) is 12.1. The minimum absolute atomic E-state index is 0.157. The van der Waals surface area contributed by atoms with Crippen molar-refractivity contribution >= 4 is 10.0 Å². The molecule has 0 aromatic carbocycles. The van der Waals surface area contributed by atoms with Gasteiger partial charge in [0.15, 0.2) is 0 Å². The first-order valence-corrected chi connectivity index (χ1v) is 7.95. The minimum Gasteiger partial charge on any atom is -0.346 e. The predicted octanol–water partition coefficient (Wildman–Crippen LogP) is 1.89. The lowest BCUT2D eigenvalue weighted by Gasteiger charge is -2.18. The molecule has 0 fully saturated rings. The van der Waals surface area contributed by atoms with Gasteiger partial charge in [-0.25, -0.2) is 8.42 Å². The molecule has 6 heteroatoms. The van der Waals surface area contributed by atoms with E-state index in [1.165, 1.54) is 4.31 Å². The summed E-state index contributed by atoms with van der Waals surface area (Å²) in [4.78, 5) is 0.260. The fourth-order valence-corrected chi connectivity index (χ4v) is 3.42. The van der Waals surface area contributed by atoms with Crippen molar-refractivity contribution in [3.05, 3.63) is 43.3 Å². The van der Waals surface area contributed by atoms with E-state index in [0.29, 0.717) is 6.54 Å². The number of rotatable bonds is 8. The molecular formula is C14H23N3O2S. The number of nitrogens with zero attached hydrogens (tertiary/aromatic N) is 2. The van der Waals surface area contributed by atoms with Gasteiger partial charge >= 0.3 is 0 Å². The maximum atomic E-state index is 12.6. The van der Waals surface area contributed by atoms with E-state index < -0.39 is 10.0 Å². The molecule has 112 valence electrons. The Morgan fingerprint density at radius 3 is 2.25 bits per heavy atom. The van der Waals surface area contributed by atoms with Crippen LogP contribution in [-0.2, 0) is 16.6 Å². The largest absolute Gasteiger partial charge is 0.346 e. The Kier molecular flexibility index (Phi) is 5.74. The highest BCUT2D eigenvalue weighted by Crippen LogP contribution is 2.22. The molecule has 1 rings (SSSR count). The first kappa shape index (κ1) is 16.7. The third-order valence-corrected chi connectivity index (χ3v) is 4.77. The molecule has 1 aromatic heterocycles. The monoisotopic (exact) mass is 297 g/mol. The van der Waals surface area contributed by atoms with Gasteiger partial charge in [0.1, 0.15) is 4.90 Å². The van der Waals surface area contributed by atoms with Crippen molar-refractivity contribution in [3.63, 3.8) is 0 Å². The maximum absolute atomic E-state index is 12.6. The van der Waals surface area contributed by atoms with Gasteiger partial charge in [-0.1, -0.05) is 12.2 Å². The molecule has 0 saturated carbocycles. The molecule has 2 N–H and O–H groups in total. The molecule has 0 radical (unpaired) electrons. The Balaban J connectivity index is 3.26. The summed E-state index contributed by atoms with van der Waals surface area (Å²) in [6, 6.07) is 1.79. The molecular weight excluding hydrogens is 274 g/mol. The van der Waals surface area contributed by atoms with Crippen LogP contribution in [0.2, 0.25) is 0 Å². The summed E-state index contributed by atoms with van der Waals surface area (Å²) >= 11 is 0. The van der Waals surface area contributed by atoms with Crippen molar-refractivity contribution in [1.29, 1.82) is 0 Å². The minimum atomic E-state index is -3.56. The van der Waals surface area contributed by atoms with Gasteiger partial charge in [0, 0.05) is 37.6 Å². The Bertz CT molecular complexity index is 563.